The Bertz CT molecular complexity index is 755. The van der Waals surface area contributed by atoms with Gasteiger partial charge in [0.05, 0.1) is 6.04 Å². The van der Waals surface area contributed by atoms with E-state index in [1.807, 2.05) is 0 Å². The minimum atomic E-state index is -1.34. The van der Waals surface area contributed by atoms with E-state index in [0.717, 1.165) is 0 Å². The van der Waals surface area contributed by atoms with E-state index in [1.165, 1.54) is 23.5 Å². The third-order valence-electron chi connectivity index (χ3n) is 4.79. The Morgan fingerprint density at radius 3 is 1.63 bits per heavy atom. The number of aliphatic carboxylic acids is 2. The normalized spacial score (nSPS) is 14.1. The molecule has 0 aliphatic rings. The molecule has 0 fully saturated rings. The first-order valence-electron chi connectivity index (χ1n) is 10.8. The van der Waals surface area contributed by atoms with Gasteiger partial charge < -0.3 is 37.6 Å². The third-order valence-corrected chi connectivity index (χ3v) is 6.08. The molecule has 4 amide bonds. The second-order valence-corrected chi connectivity index (χ2v) is 9.60. The van der Waals surface area contributed by atoms with Crippen molar-refractivity contribution in [2.75, 3.05) is 24.0 Å². The van der Waals surface area contributed by atoms with Gasteiger partial charge in [-0.2, -0.15) is 23.5 Å². The van der Waals surface area contributed by atoms with Crippen LogP contribution in [0.3, 0.4) is 0 Å². The molecule has 0 spiro atoms. The van der Waals surface area contributed by atoms with Crippen molar-refractivity contribution in [1.29, 1.82) is 0 Å². The average Bonchev–Trinajstić information content (AvgIpc) is 2.79. The summed E-state index contributed by atoms with van der Waals surface area (Å²) in [7, 11) is 0. The first-order valence-corrected chi connectivity index (χ1v) is 13.6. The van der Waals surface area contributed by atoms with Gasteiger partial charge in [-0.15, -0.1) is 0 Å². The lowest BCUT2D eigenvalue weighted by Gasteiger charge is -2.25. The monoisotopic (exact) mass is 537 g/mol. The fraction of sp³-hybridized carbons (Fsp3) is 0.700. The van der Waals surface area contributed by atoms with Crippen molar-refractivity contribution in [1.82, 2.24) is 16.0 Å². The SMILES string of the molecule is CSCCC(NC(=O)C(CCC(=O)O)NC(=O)C(CCSC)NC(=O)C(N)CCC(N)=O)C(=O)O. The van der Waals surface area contributed by atoms with Crippen LogP contribution >= 0.6 is 23.5 Å². The Morgan fingerprint density at radius 1 is 0.714 bits per heavy atom. The van der Waals surface area contributed by atoms with Crippen LogP contribution in [0.1, 0.15) is 38.5 Å². The van der Waals surface area contributed by atoms with E-state index in [-0.39, 0.29) is 32.1 Å². The molecule has 0 aromatic rings. The highest BCUT2D eigenvalue weighted by Crippen LogP contribution is 2.07. The minimum Gasteiger partial charge on any atom is -0.481 e. The Morgan fingerprint density at radius 2 is 1.17 bits per heavy atom. The van der Waals surface area contributed by atoms with Gasteiger partial charge in [0.15, 0.2) is 0 Å². The van der Waals surface area contributed by atoms with Gasteiger partial charge in [0.1, 0.15) is 18.1 Å². The highest BCUT2D eigenvalue weighted by atomic mass is 32.2. The van der Waals surface area contributed by atoms with Crippen molar-refractivity contribution in [3.8, 4) is 0 Å². The molecule has 200 valence electrons. The van der Waals surface area contributed by atoms with Crippen LogP contribution in [0.5, 0.6) is 0 Å². The van der Waals surface area contributed by atoms with Crippen LogP contribution in [0.25, 0.3) is 0 Å². The fourth-order valence-corrected chi connectivity index (χ4v) is 3.73. The van der Waals surface area contributed by atoms with Gasteiger partial charge >= 0.3 is 11.9 Å². The van der Waals surface area contributed by atoms with Gasteiger partial charge in [-0.25, -0.2) is 4.79 Å². The number of rotatable bonds is 19. The van der Waals surface area contributed by atoms with Crippen molar-refractivity contribution < 1.29 is 39.0 Å². The topological polar surface area (TPSA) is 231 Å². The molecule has 9 N–H and O–H groups in total. The van der Waals surface area contributed by atoms with Crippen LogP contribution in [-0.2, 0) is 28.8 Å². The van der Waals surface area contributed by atoms with Gasteiger partial charge in [0.2, 0.25) is 23.6 Å². The third kappa shape index (κ3) is 14.5. The molecule has 35 heavy (non-hydrogen) atoms. The lowest BCUT2D eigenvalue weighted by molar-refractivity contribution is -0.143. The molecule has 0 rings (SSSR count). The van der Waals surface area contributed by atoms with E-state index in [0.29, 0.717) is 11.5 Å². The summed E-state index contributed by atoms with van der Waals surface area (Å²) in [5, 5.41) is 25.6. The van der Waals surface area contributed by atoms with E-state index in [2.05, 4.69) is 16.0 Å². The zero-order valence-electron chi connectivity index (χ0n) is 19.8. The fourth-order valence-electron chi connectivity index (χ4n) is 2.79. The molecular formula is C20H35N5O8S2. The van der Waals surface area contributed by atoms with E-state index < -0.39 is 66.2 Å². The summed E-state index contributed by atoms with van der Waals surface area (Å²) in [5.74, 6) is -4.46. The van der Waals surface area contributed by atoms with Crippen molar-refractivity contribution in [3.05, 3.63) is 0 Å². The van der Waals surface area contributed by atoms with Crippen LogP contribution in [0.4, 0.5) is 0 Å². The largest absolute Gasteiger partial charge is 0.481 e. The molecule has 0 heterocycles. The number of hydrogen-bond donors (Lipinski definition) is 7. The van der Waals surface area contributed by atoms with Crippen LogP contribution < -0.4 is 27.4 Å². The first-order chi connectivity index (χ1) is 16.4. The Labute approximate surface area is 212 Å². The zero-order chi connectivity index (χ0) is 27.0. The molecule has 4 unspecified atom stereocenters. The van der Waals surface area contributed by atoms with Gasteiger partial charge in [-0.1, -0.05) is 0 Å². The molecule has 0 saturated carbocycles. The standard InChI is InChI=1S/C20H35N5O8S2/c1-34-9-7-13(23-17(29)11(21)3-5-15(22)26)19(31)24-12(4-6-16(27)28)18(30)25-14(20(32)33)8-10-35-2/h11-14H,3-10,21H2,1-2H3,(H2,22,26)(H,23,29)(H,24,31)(H,25,30)(H,27,28)(H,32,33). The predicted octanol–water partition coefficient (Wildman–Crippen LogP) is -1.51. The van der Waals surface area contributed by atoms with Gasteiger partial charge in [0.25, 0.3) is 0 Å². The molecule has 0 aromatic carbocycles. The van der Waals surface area contributed by atoms with Crippen LogP contribution in [0.15, 0.2) is 0 Å². The summed E-state index contributed by atoms with van der Waals surface area (Å²) < 4.78 is 0. The smallest absolute Gasteiger partial charge is 0.326 e. The molecule has 0 saturated heterocycles. The predicted molar refractivity (Wildman–Crippen MR) is 133 cm³/mol. The molecule has 0 radical (unpaired) electrons. The molecule has 0 aliphatic carbocycles. The summed E-state index contributed by atoms with van der Waals surface area (Å²) in [5.41, 5.74) is 10.8. The molecule has 15 heteroatoms. The first kappa shape index (κ1) is 32.5. The second kappa shape index (κ2) is 17.8. The summed E-state index contributed by atoms with van der Waals surface area (Å²) in [6.45, 7) is 0. The molecule has 13 nitrogen and oxygen atoms in total. The number of carbonyl (C=O) groups excluding carboxylic acids is 4. The van der Waals surface area contributed by atoms with E-state index in [1.54, 1.807) is 12.5 Å². The van der Waals surface area contributed by atoms with Crippen molar-refractivity contribution in [3.63, 3.8) is 0 Å². The summed E-state index contributed by atoms with van der Waals surface area (Å²) in [4.78, 5) is 71.5. The van der Waals surface area contributed by atoms with Crippen LogP contribution in [0, 0.1) is 0 Å². The number of carboxylic acids is 2. The van der Waals surface area contributed by atoms with Crippen molar-refractivity contribution >= 4 is 59.1 Å². The summed E-state index contributed by atoms with van der Waals surface area (Å²) in [6.07, 6.45) is 3.00. The lowest BCUT2D eigenvalue weighted by Crippen LogP contribution is -2.57. The number of amides is 4. The molecule has 0 aromatic heterocycles. The van der Waals surface area contributed by atoms with Gasteiger partial charge in [-0.05, 0) is 49.7 Å². The van der Waals surface area contributed by atoms with Gasteiger partial charge in [-0.3, -0.25) is 24.0 Å². The highest BCUT2D eigenvalue weighted by Gasteiger charge is 2.30. The number of nitrogens with one attached hydrogen (secondary N) is 3. The number of hydrogen-bond acceptors (Lipinski definition) is 9. The van der Waals surface area contributed by atoms with E-state index in [9.17, 15) is 33.9 Å². The van der Waals surface area contributed by atoms with Crippen LogP contribution in [-0.4, -0.2) is 94.0 Å². The van der Waals surface area contributed by atoms with Crippen molar-refractivity contribution in [2.45, 2.75) is 62.7 Å². The average molecular weight is 538 g/mol. The minimum absolute atomic E-state index is 0.0195. The number of nitrogens with two attached hydrogens (primary N) is 2. The molecular weight excluding hydrogens is 502 g/mol. The van der Waals surface area contributed by atoms with Gasteiger partial charge in [0, 0.05) is 12.8 Å². The maximum absolute atomic E-state index is 12.9. The lowest BCUT2D eigenvalue weighted by atomic mass is 10.1. The van der Waals surface area contributed by atoms with Crippen molar-refractivity contribution in [2.24, 2.45) is 11.5 Å². The quantitative estimate of drug-likeness (QED) is 0.100. The van der Waals surface area contributed by atoms with E-state index >= 15 is 0 Å². The second-order valence-electron chi connectivity index (χ2n) is 7.63. The Balaban J connectivity index is 5.47. The number of primary amides is 1. The number of carbonyl (C=O) groups is 6. The maximum atomic E-state index is 12.9. The van der Waals surface area contributed by atoms with E-state index in [4.69, 9.17) is 16.6 Å². The summed E-state index contributed by atoms with van der Waals surface area (Å²) in [6, 6.07) is -4.74. The molecule has 0 aliphatic heterocycles. The Hall–Kier alpha value is -2.52. The maximum Gasteiger partial charge on any atom is 0.326 e. The number of thioether (sulfide) groups is 2. The summed E-state index contributed by atoms with van der Waals surface area (Å²) >= 11 is 2.80. The molecule has 4 atom stereocenters. The molecule has 0 bridgehead atoms. The number of carboxylic acid groups (broad SMARTS) is 2. The zero-order valence-corrected chi connectivity index (χ0v) is 21.4. The highest BCUT2D eigenvalue weighted by molar-refractivity contribution is 7.98. The van der Waals surface area contributed by atoms with Crippen LogP contribution in [0.2, 0.25) is 0 Å². The Kier molecular flexibility index (Phi) is 16.6.